The van der Waals surface area contributed by atoms with Crippen molar-refractivity contribution in [3.63, 3.8) is 0 Å². The molecule has 0 aromatic heterocycles. The van der Waals surface area contributed by atoms with Crippen LogP contribution in [0.1, 0.15) is 49.3 Å². The van der Waals surface area contributed by atoms with Crippen LogP contribution < -0.4 is 10.0 Å². The molecule has 0 atom stereocenters. The zero-order chi connectivity index (χ0) is 25.9. The molecule has 4 rings (SSSR count). The maximum atomic E-state index is 12.7. The molecule has 0 saturated heterocycles. The number of carbonyl (C=O) groups is 1. The van der Waals surface area contributed by atoms with Crippen molar-refractivity contribution in [2.45, 2.75) is 57.4 Å². The van der Waals surface area contributed by atoms with Gasteiger partial charge in [-0.25, -0.2) is 13.1 Å². The first kappa shape index (κ1) is 26.2. The van der Waals surface area contributed by atoms with E-state index in [0.717, 1.165) is 38.0 Å². The largest absolute Gasteiger partial charge is 0.382 e. The SMILES string of the molecule is CC(=Cc1cc(C)c(-c2ccc(NC3CCCC3)cc2Br)cc1C)C(=O)NS(=O)(=O)c1ccccc1. The standard InChI is InChI=1S/C29H31BrN2O3S/c1-19-17-27(26-14-13-24(18-28(26)30)31-23-9-7-8-10-23)20(2)15-22(19)16-21(3)29(33)32-36(34,35)25-11-5-4-6-12-25/h4-6,11-18,23,31H,7-10H2,1-3H3,(H,32,33). The van der Waals surface area contributed by atoms with E-state index in [2.05, 4.69) is 50.2 Å². The summed E-state index contributed by atoms with van der Waals surface area (Å²) in [6.07, 6.45) is 6.76. The van der Waals surface area contributed by atoms with Crippen molar-refractivity contribution in [3.05, 3.63) is 87.4 Å². The van der Waals surface area contributed by atoms with Crippen LogP contribution in [0.25, 0.3) is 17.2 Å². The van der Waals surface area contributed by atoms with Crippen LogP contribution >= 0.6 is 15.9 Å². The van der Waals surface area contributed by atoms with E-state index in [1.54, 1.807) is 31.2 Å². The van der Waals surface area contributed by atoms with E-state index in [0.29, 0.717) is 11.6 Å². The molecule has 0 bridgehead atoms. The van der Waals surface area contributed by atoms with Crippen molar-refractivity contribution in [1.29, 1.82) is 0 Å². The van der Waals surface area contributed by atoms with Crippen LogP contribution in [-0.4, -0.2) is 20.4 Å². The summed E-state index contributed by atoms with van der Waals surface area (Å²) in [7, 11) is -3.92. The molecule has 3 aromatic carbocycles. The van der Waals surface area contributed by atoms with Gasteiger partial charge in [0.05, 0.1) is 4.90 Å². The summed E-state index contributed by atoms with van der Waals surface area (Å²) in [5, 5.41) is 3.64. The van der Waals surface area contributed by atoms with Crippen molar-refractivity contribution < 1.29 is 13.2 Å². The summed E-state index contributed by atoms with van der Waals surface area (Å²) in [6.45, 7) is 5.65. The van der Waals surface area contributed by atoms with Crippen LogP contribution in [0.5, 0.6) is 0 Å². The Bertz CT molecular complexity index is 1410. The first-order valence-electron chi connectivity index (χ1n) is 12.1. The Morgan fingerprint density at radius 2 is 1.64 bits per heavy atom. The van der Waals surface area contributed by atoms with Gasteiger partial charge in [-0.1, -0.05) is 65.2 Å². The number of sulfonamides is 1. The smallest absolute Gasteiger partial charge is 0.264 e. The number of amides is 1. The van der Waals surface area contributed by atoms with E-state index in [1.165, 1.54) is 37.8 Å². The summed E-state index contributed by atoms with van der Waals surface area (Å²) >= 11 is 3.76. The molecule has 1 aliphatic rings. The van der Waals surface area contributed by atoms with E-state index in [4.69, 9.17) is 0 Å². The molecule has 5 nitrogen and oxygen atoms in total. The van der Waals surface area contributed by atoms with E-state index in [-0.39, 0.29) is 4.90 Å². The summed E-state index contributed by atoms with van der Waals surface area (Å²) in [5.74, 6) is -0.645. The van der Waals surface area contributed by atoms with Crippen LogP contribution in [0.3, 0.4) is 0 Å². The van der Waals surface area contributed by atoms with Crippen LogP contribution in [0, 0.1) is 13.8 Å². The zero-order valence-corrected chi connectivity index (χ0v) is 23.2. The molecule has 0 unspecified atom stereocenters. The second-order valence-electron chi connectivity index (χ2n) is 9.42. The average Bonchev–Trinajstić information content (AvgIpc) is 3.35. The number of carbonyl (C=O) groups excluding carboxylic acids is 1. The van der Waals surface area contributed by atoms with Crippen LogP contribution in [0.15, 0.2) is 75.6 Å². The van der Waals surface area contributed by atoms with Gasteiger partial charge in [-0.2, -0.15) is 0 Å². The molecule has 0 radical (unpaired) electrons. The van der Waals surface area contributed by atoms with Gasteiger partial charge in [0.1, 0.15) is 0 Å². The Morgan fingerprint density at radius 3 is 2.31 bits per heavy atom. The number of hydrogen-bond donors (Lipinski definition) is 2. The third kappa shape index (κ3) is 6.08. The minimum Gasteiger partial charge on any atom is -0.382 e. The van der Waals surface area contributed by atoms with E-state index in [1.807, 2.05) is 19.9 Å². The van der Waals surface area contributed by atoms with Gasteiger partial charge in [0.15, 0.2) is 0 Å². The van der Waals surface area contributed by atoms with Crippen molar-refractivity contribution in [3.8, 4) is 11.1 Å². The first-order chi connectivity index (χ1) is 17.1. The fraction of sp³-hybridized carbons (Fsp3) is 0.276. The number of hydrogen-bond acceptors (Lipinski definition) is 4. The minimum atomic E-state index is -3.92. The second kappa shape index (κ2) is 11.0. The van der Waals surface area contributed by atoms with Gasteiger partial charge in [0, 0.05) is 21.8 Å². The van der Waals surface area contributed by atoms with Gasteiger partial charge in [0.2, 0.25) is 0 Å². The molecule has 188 valence electrons. The quantitative estimate of drug-likeness (QED) is 0.302. The highest BCUT2D eigenvalue weighted by atomic mass is 79.9. The number of anilines is 1. The number of nitrogens with one attached hydrogen (secondary N) is 2. The van der Waals surface area contributed by atoms with E-state index in [9.17, 15) is 13.2 Å². The summed E-state index contributed by atoms with van der Waals surface area (Å²) < 4.78 is 28.2. The van der Waals surface area contributed by atoms with Gasteiger partial charge >= 0.3 is 0 Å². The zero-order valence-electron chi connectivity index (χ0n) is 20.8. The summed E-state index contributed by atoms with van der Waals surface area (Å²) in [6, 6.07) is 19.0. The van der Waals surface area contributed by atoms with Gasteiger partial charge < -0.3 is 5.32 Å². The Hall–Kier alpha value is -2.90. The lowest BCUT2D eigenvalue weighted by molar-refractivity contribution is -0.115. The molecule has 36 heavy (non-hydrogen) atoms. The van der Waals surface area contributed by atoms with E-state index < -0.39 is 15.9 Å². The van der Waals surface area contributed by atoms with Gasteiger partial charge in [-0.15, -0.1) is 0 Å². The molecule has 2 N–H and O–H groups in total. The normalized spacial score (nSPS) is 14.6. The van der Waals surface area contributed by atoms with E-state index >= 15 is 0 Å². The molecule has 1 fully saturated rings. The Labute approximate surface area is 222 Å². The first-order valence-corrected chi connectivity index (χ1v) is 14.4. The predicted molar refractivity (Wildman–Crippen MR) is 150 cm³/mol. The molecule has 0 aliphatic heterocycles. The Balaban J connectivity index is 1.54. The number of halogens is 1. The summed E-state index contributed by atoms with van der Waals surface area (Å²) in [4.78, 5) is 12.7. The van der Waals surface area contributed by atoms with Crippen LogP contribution in [0.2, 0.25) is 0 Å². The lowest BCUT2D eigenvalue weighted by Crippen LogP contribution is -2.31. The van der Waals surface area contributed by atoms with Crippen molar-refractivity contribution in [2.24, 2.45) is 0 Å². The van der Waals surface area contributed by atoms with Crippen LogP contribution in [0.4, 0.5) is 5.69 Å². The fourth-order valence-electron chi connectivity index (χ4n) is 4.57. The third-order valence-electron chi connectivity index (χ3n) is 6.61. The Kier molecular flexibility index (Phi) is 8.00. The lowest BCUT2D eigenvalue weighted by Gasteiger charge is -2.17. The maximum Gasteiger partial charge on any atom is 0.264 e. The molecule has 0 heterocycles. The summed E-state index contributed by atoms with van der Waals surface area (Å²) in [5.41, 5.74) is 6.58. The third-order valence-corrected chi connectivity index (χ3v) is 8.61. The fourth-order valence-corrected chi connectivity index (χ4v) is 6.20. The lowest BCUT2D eigenvalue weighted by atomic mass is 9.94. The minimum absolute atomic E-state index is 0.0533. The Morgan fingerprint density at radius 1 is 0.944 bits per heavy atom. The molecular formula is C29H31BrN2O3S. The molecule has 3 aromatic rings. The van der Waals surface area contributed by atoms with Gasteiger partial charge in [0.25, 0.3) is 15.9 Å². The molecular weight excluding hydrogens is 536 g/mol. The van der Waals surface area contributed by atoms with Crippen molar-refractivity contribution >= 4 is 43.6 Å². The van der Waals surface area contributed by atoms with Crippen LogP contribution in [-0.2, 0) is 14.8 Å². The molecule has 1 amide bonds. The second-order valence-corrected chi connectivity index (χ2v) is 12.0. The molecule has 1 aliphatic carbocycles. The van der Waals surface area contributed by atoms with Gasteiger partial charge in [-0.3, -0.25) is 4.79 Å². The average molecular weight is 568 g/mol. The highest BCUT2D eigenvalue weighted by Gasteiger charge is 2.19. The van der Waals surface area contributed by atoms with Crippen molar-refractivity contribution in [2.75, 3.05) is 5.32 Å². The number of aryl methyl sites for hydroxylation is 2. The number of benzene rings is 3. The van der Waals surface area contributed by atoms with Gasteiger partial charge in [-0.05, 0) is 91.8 Å². The highest BCUT2D eigenvalue weighted by molar-refractivity contribution is 9.10. The number of rotatable bonds is 7. The predicted octanol–water partition coefficient (Wildman–Crippen LogP) is 7.00. The molecule has 0 spiro atoms. The monoisotopic (exact) mass is 566 g/mol. The molecule has 1 saturated carbocycles. The molecule has 7 heteroatoms. The topological polar surface area (TPSA) is 75.3 Å². The maximum absolute atomic E-state index is 12.7. The highest BCUT2D eigenvalue weighted by Crippen LogP contribution is 2.35. The van der Waals surface area contributed by atoms with Crippen molar-refractivity contribution in [1.82, 2.24) is 4.72 Å².